The Labute approximate surface area is 41.8 Å². The van der Waals surface area contributed by atoms with Crippen LogP contribution in [0.1, 0.15) is 6.92 Å². The molecule has 0 aromatic carbocycles. The zero-order valence-corrected chi connectivity index (χ0v) is 4.05. The average Bonchev–Trinajstić information content (AvgIpc) is 1.68. The fourth-order valence-corrected chi connectivity index (χ4v) is 0.0354. The predicted octanol–water partition coefficient (Wildman–Crippen LogP) is -0.747. The average molecular weight is 101 g/mol. The highest BCUT2D eigenvalue weighted by Crippen LogP contribution is 1.95. The fraction of sp³-hybridized carbons (Fsp3) is 0.750. The summed E-state index contributed by atoms with van der Waals surface area (Å²) in [5, 5.41) is 24.6. The molecule has 0 saturated carbocycles. The minimum Gasteiger partial charge on any atom is -0.392 e. The predicted molar refractivity (Wildman–Crippen MR) is 23.3 cm³/mol. The van der Waals surface area contributed by atoms with E-state index < -0.39 is 12.2 Å². The number of aliphatic hydroxyl groups is 2. The van der Waals surface area contributed by atoms with Gasteiger partial charge >= 0.3 is 0 Å². The largest absolute Gasteiger partial charge is 0.392 e. The van der Waals surface area contributed by atoms with Crippen LogP contribution in [0.5, 0.6) is 0 Å². The Balaban J connectivity index is 3.66. The van der Waals surface area contributed by atoms with E-state index in [1.807, 2.05) is 0 Å². The van der Waals surface area contributed by atoms with E-state index >= 15 is 0 Å². The lowest BCUT2D eigenvalue weighted by atomic mass is 10.1. The summed E-state index contributed by atoms with van der Waals surface area (Å²) in [6.45, 7) is 0.733. The van der Waals surface area contributed by atoms with Crippen molar-refractivity contribution in [3.05, 3.63) is 0 Å². The van der Waals surface area contributed by atoms with Crippen molar-refractivity contribution in [1.29, 1.82) is 5.26 Å². The molecular weight excluding hydrogens is 94.0 g/mol. The van der Waals surface area contributed by atoms with Crippen LogP contribution in [-0.4, -0.2) is 22.4 Å². The van der Waals surface area contributed by atoms with Crippen molar-refractivity contribution >= 4 is 0 Å². The minimum atomic E-state index is -1.56. The molecule has 3 heteroatoms. The molecule has 0 fully saturated rings. The van der Waals surface area contributed by atoms with Gasteiger partial charge in [-0.2, -0.15) is 5.26 Å². The SMILES string of the molecule is C[C@@](O)(C#N)CO. The smallest absolute Gasteiger partial charge is 0.171 e. The molecule has 0 spiro atoms. The monoisotopic (exact) mass is 101 g/mol. The summed E-state index contributed by atoms with van der Waals surface area (Å²) in [6, 6.07) is 1.50. The van der Waals surface area contributed by atoms with Gasteiger partial charge in [0.25, 0.3) is 0 Å². The Hall–Kier alpha value is -0.590. The van der Waals surface area contributed by atoms with Crippen LogP contribution < -0.4 is 0 Å². The first-order chi connectivity index (χ1) is 3.12. The topological polar surface area (TPSA) is 64.2 Å². The van der Waals surface area contributed by atoms with Crippen molar-refractivity contribution in [3.8, 4) is 6.07 Å². The van der Waals surface area contributed by atoms with Gasteiger partial charge in [0.05, 0.1) is 12.7 Å². The molecule has 1 atom stereocenters. The number of nitriles is 1. The summed E-state index contributed by atoms with van der Waals surface area (Å²) in [6.07, 6.45) is 0. The molecule has 0 aromatic rings. The minimum absolute atomic E-state index is 0.510. The molecule has 0 aliphatic rings. The van der Waals surface area contributed by atoms with Crippen molar-refractivity contribution in [3.63, 3.8) is 0 Å². The van der Waals surface area contributed by atoms with E-state index in [1.54, 1.807) is 0 Å². The highest BCUT2D eigenvalue weighted by molar-refractivity contribution is 4.95. The lowest BCUT2D eigenvalue weighted by Gasteiger charge is -2.06. The fourth-order valence-electron chi connectivity index (χ4n) is 0.0354. The van der Waals surface area contributed by atoms with E-state index in [-0.39, 0.29) is 0 Å². The molecule has 0 aliphatic carbocycles. The van der Waals surface area contributed by atoms with Gasteiger partial charge in [-0.15, -0.1) is 0 Å². The molecule has 0 aliphatic heterocycles. The van der Waals surface area contributed by atoms with E-state index in [0.29, 0.717) is 0 Å². The van der Waals surface area contributed by atoms with Gasteiger partial charge < -0.3 is 10.2 Å². The van der Waals surface area contributed by atoms with Gasteiger partial charge in [0.15, 0.2) is 5.60 Å². The number of hydrogen-bond acceptors (Lipinski definition) is 3. The van der Waals surface area contributed by atoms with E-state index in [1.165, 1.54) is 13.0 Å². The van der Waals surface area contributed by atoms with E-state index in [2.05, 4.69) is 0 Å². The van der Waals surface area contributed by atoms with Crippen molar-refractivity contribution in [2.24, 2.45) is 0 Å². The number of aliphatic hydroxyl groups excluding tert-OH is 1. The maximum absolute atomic E-state index is 8.52. The number of rotatable bonds is 1. The van der Waals surface area contributed by atoms with Crippen LogP contribution in [0.15, 0.2) is 0 Å². The van der Waals surface area contributed by atoms with E-state index in [9.17, 15) is 0 Å². The summed E-state index contributed by atoms with van der Waals surface area (Å²) in [5.74, 6) is 0. The first-order valence-electron chi connectivity index (χ1n) is 1.87. The molecule has 7 heavy (non-hydrogen) atoms. The molecule has 0 aromatic heterocycles. The molecule has 0 heterocycles. The van der Waals surface area contributed by atoms with Crippen molar-refractivity contribution in [1.82, 2.24) is 0 Å². The quantitative estimate of drug-likeness (QED) is 0.427. The molecule has 0 rings (SSSR count). The Bertz CT molecular complexity index is 92.4. The second kappa shape index (κ2) is 1.92. The number of hydrogen-bond donors (Lipinski definition) is 2. The third kappa shape index (κ3) is 2.15. The maximum atomic E-state index is 8.52. The van der Waals surface area contributed by atoms with Crippen molar-refractivity contribution in [2.75, 3.05) is 6.61 Å². The third-order valence-electron chi connectivity index (χ3n) is 0.549. The van der Waals surface area contributed by atoms with Crippen molar-refractivity contribution < 1.29 is 10.2 Å². The summed E-state index contributed by atoms with van der Waals surface area (Å²) in [5.41, 5.74) is -1.56. The van der Waals surface area contributed by atoms with Gasteiger partial charge in [-0.05, 0) is 6.92 Å². The zero-order chi connectivity index (χ0) is 5.91. The third-order valence-corrected chi connectivity index (χ3v) is 0.549. The van der Waals surface area contributed by atoms with Gasteiger partial charge in [0.1, 0.15) is 0 Å². The van der Waals surface area contributed by atoms with Gasteiger partial charge in [-0.1, -0.05) is 0 Å². The molecule has 0 amide bonds. The van der Waals surface area contributed by atoms with Gasteiger partial charge in [-0.25, -0.2) is 0 Å². The molecule has 0 radical (unpaired) electrons. The van der Waals surface area contributed by atoms with Crippen LogP contribution >= 0.6 is 0 Å². The first kappa shape index (κ1) is 6.41. The Morgan fingerprint density at radius 3 is 2.29 bits per heavy atom. The Morgan fingerprint density at radius 1 is 1.86 bits per heavy atom. The van der Waals surface area contributed by atoms with Crippen LogP contribution in [0.25, 0.3) is 0 Å². The van der Waals surface area contributed by atoms with Crippen LogP contribution in [-0.2, 0) is 0 Å². The zero-order valence-electron chi connectivity index (χ0n) is 4.05. The molecule has 0 unspecified atom stereocenters. The summed E-state index contributed by atoms with van der Waals surface area (Å²) >= 11 is 0. The Kier molecular flexibility index (Phi) is 1.75. The molecule has 0 bridgehead atoms. The lowest BCUT2D eigenvalue weighted by Crippen LogP contribution is -2.25. The van der Waals surface area contributed by atoms with Gasteiger partial charge in [0.2, 0.25) is 0 Å². The van der Waals surface area contributed by atoms with Crippen LogP contribution in [0.2, 0.25) is 0 Å². The van der Waals surface area contributed by atoms with Crippen LogP contribution in [0.4, 0.5) is 0 Å². The molecule has 0 saturated heterocycles. The number of nitrogens with zero attached hydrogens (tertiary/aromatic N) is 1. The molecule has 3 nitrogen and oxygen atoms in total. The second-order valence-corrected chi connectivity index (χ2v) is 1.54. The molecule has 2 N–H and O–H groups in total. The van der Waals surface area contributed by atoms with Gasteiger partial charge in [0, 0.05) is 0 Å². The summed E-state index contributed by atoms with van der Waals surface area (Å²) in [7, 11) is 0. The van der Waals surface area contributed by atoms with Crippen LogP contribution in [0, 0.1) is 11.3 Å². The highest BCUT2D eigenvalue weighted by Gasteiger charge is 2.15. The first-order valence-corrected chi connectivity index (χ1v) is 1.87. The highest BCUT2D eigenvalue weighted by atomic mass is 16.3. The van der Waals surface area contributed by atoms with Crippen molar-refractivity contribution in [2.45, 2.75) is 12.5 Å². The Morgan fingerprint density at radius 2 is 2.29 bits per heavy atom. The summed E-state index contributed by atoms with van der Waals surface area (Å²) in [4.78, 5) is 0. The van der Waals surface area contributed by atoms with Gasteiger partial charge in [-0.3, -0.25) is 0 Å². The normalized spacial score (nSPS) is 17.4. The molecule has 40 valence electrons. The molecular formula is C4H7NO2. The maximum Gasteiger partial charge on any atom is 0.171 e. The standard InChI is InChI=1S/C4H7NO2/c1-4(7,2-5)3-6/h6-7H,3H2,1H3/t4-/m1/s1. The second-order valence-electron chi connectivity index (χ2n) is 1.54. The summed E-state index contributed by atoms with van der Waals surface area (Å²) < 4.78 is 0. The van der Waals surface area contributed by atoms with Crippen LogP contribution in [0.3, 0.4) is 0 Å². The van der Waals surface area contributed by atoms with E-state index in [0.717, 1.165) is 0 Å². The van der Waals surface area contributed by atoms with E-state index in [4.69, 9.17) is 15.5 Å². The lowest BCUT2D eigenvalue weighted by molar-refractivity contribution is 0.0501.